The van der Waals surface area contributed by atoms with Crippen molar-refractivity contribution in [2.45, 2.75) is 51.1 Å². The van der Waals surface area contributed by atoms with Crippen LogP contribution in [0, 0.1) is 0 Å². The minimum absolute atomic E-state index is 0.198. The lowest BCUT2D eigenvalue weighted by molar-refractivity contribution is 0.0253. The zero-order valence-corrected chi connectivity index (χ0v) is 11.3. The molecule has 0 unspecified atom stereocenters. The molecule has 0 aromatic heterocycles. The highest BCUT2D eigenvalue weighted by molar-refractivity contribution is 6.74. The Kier molecular flexibility index (Phi) is 3.63. The van der Waals surface area contributed by atoms with Gasteiger partial charge in [0, 0.05) is 0 Å². The molecule has 0 saturated carbocycles. The lowest BCUT2D eigenvalue weighted by Gasteiger charge is -2.37. The average Bonchev–Trinajstić information content (AvgIpc) is 2.46. The van der Waals surface area contributed by atoms with Gasteiger partial charge in [-0.1, -0.05) is 20.8 Å². The van der Waals surface area contributed by atoms with Crippen LogP contribution in [0.4, 0.5) is 0 Å². The quantitative estimate of drug-likeness (QED) is 0.756. The van der Waals surface area contributed by atoms with Crippen molar-refractivity contribution in [3.8, 4) is 0 Å². The van der Waals surface area contributed by atoms with Gasteiger partial charge in [0.1, 0.15) is 12.2 Å². The van der Waals surface area contributed by atoms with E-state index in [2.05, 4.69) is 33.9 Å². The van der Waals surface area contributed by atoms with Gasteiger partial charge in [0.05, 0.1) is 12.9 Å². The molecule has 1 aliphatic rings. The van der Waals surface area contributed by atoms with E-state index < -0.39 is 14.4 Å². The molecular formula is C11H22O3Si. The Morgan fingerprint density at radius 3 is 2.40 bits per heavy atom. The van der Waals surface area contributed by atoms with E-state index in [1.54, 1.807) is 12.3 Å². The molecule has 88 valence electrons. The molecule has 0 amide bonds. The molecule has 0 aromatic rings. The molecule has 1 rings (SSSR count). The summed E-state index contributed by atoms with van der Waals surface area (Å²) in [6, 6.07) is 0. The van der Waals surface area contributed by atoms with Crippen molar-refractivity contribution in [3.63, 3.8) is 0 Å². The van der Waals surface area contributed by atoms with Crippen LogP contribution in [-0.2, 0) is 9.16 Å². The Bertz CT molecular complexity index is 243. The summed E-state index contributed by atoms with van der Waals surface area (Å²) in [6.07, 6.45) is 2.46. The molecule has 0 aromatic carbocycles. The zero-order chi connectivity index (χ0) is 11.7. The Hall–Kier alpha value is -0.323. The maximum atomic E-state index is 9.51. The van der Waals surface area contributed by atoms with Crippen LogP contribution >= 0.6 is 0 Å². The highest BCUT2D eigenvalue weighted by Gasteiger charge is 2.38. The first kappa shape index (κ1) is 12.7. The molecule has 2 atom stereocenters. The number of rotatable bonds is 3. The summed E-state index contributed by atoms with van der Waals surface area (Å²) in [7, 11) is -1.72. The van der Waals surface area contributed by atoms with Crippen LogP contribution in [0.1, 0.15) is 20.8 Å². The SMILES string of the molecule is CC(C)(C)[Si](C)(C)OC[C@H]1OC=C[C@H]1O. The number of aliphatic hydroxyl groups excluding tert-OH is 1. The molecule has 3 nitrogen and oxygen atoms in total. The summed E-state index contributed by atoms with van der Waals surface area (Å²) in [5, 5.41) is 9.71. The number of ether oxygens (including phenoxy) is 1. The molecule has 4 heteroatoms. The Morgan fingerprint density at radius 1 is 1.40 bits per heavy atom. The van der Waals surface area contributed by atoms with Crippen LogP contribution in [0.2, 0.25) is 18.1 Å². The van der Waals surface area contributed by atoms with Gasteiger partial charge < -0.3 is 14.3 Å². The third-order valence-electron chi connectivity index (χ3n) is 3.32. The number of hydrogen-bond donors (Lipinski definition) is 1. The summed E-state index contributed by atoms with van der Waals surface area (Å²) in [5.74, 6) is 0. The number of aliphatic hydroxyl groups is 1. The summed E-state index contributed by atoms with van der Waals surface area (Å²) in [5.41, 5.74) is 0. The van der Waals surface area contributed by atoms with E-state index in [1.807, 2.05) is 0 Å². The van der Waals surface area contributed by atoms with Crippen molar-refractivity contribution in [1.29, 1.82) is 0 Å². The fourth-order valence-corrected chi connectivity index (χ4v) is 2.09. The predicted octanol–water partition coefficient (Wildman–Crippen LogP) is 2.28. The maximum Gasteiger partial charge on any atom is 0.192 e. The van der Waals surface area contributed by atoms with Crippen LogP contribution in [0.5, 0.6) is 0 Å². The van der Waals surface area contributed by atoms with E-state index in [0.29, 0.717) is 6.61 Å². The van der Waals surface area contributed by atoms with Gasteiger partial charge in [-0.25, -0.2) is 0 Å². The first-order valence-corrected chi connectivity index (χ1v) is 8.29. The summed E-state index contributed by atoms with van der Waals surface area (Å²) < 4.78 is 11.2. The standard InChI is InChI=1S/C11H22O3Si/c1-11(2,3)15(4,5)14-8-10-9(12)6-7-13-10/h6-7,9-10,12H,8H2,1-5H3/t9-,10-/m1/s1. The molecule has 0 aliphatic carbocycles. The van der Waals surface area contributed by atoms with Gasteiger partial charge in [0.25, 0.3) is 0 Å². The van der Waals surface area contributed by atoms with Crippen molar-refractivity contribution in [3.05, 3.63) is 12.3 Å². The van der Waals surface area contributed by atoms with Gasteiger partial charge >= 0.3 is 0 Å². The Balaban J connectivity index is 2.43. The molecule has 15 heavy (non-hydrogen) atoms. The molecule has 0 spiro atoms. The first-order chi connectivity index (χ1) is 6.74. The van der Waals surface area contributed by atoms with Crippen LogP contribution in [0.25, 0.3) is 0 Å². The normalized spacial score (nSPS) is 26.8. The van der Waals surface area contributed by atoms with E-state index in [0.717, 1.165) is 0 Å². The molecule has 1 heterocycles. The largest absolute Gasteiger partial charge is 0.493 e. The molecule has 0 radical (unpaired) electrons. The third-order valence-corrected chi connectivity index (χ3v) is 7.83. The van der Waals surface area contributed by atoms with Crippen LogP contribution < -0.4 is 0 Å². The first-order valence-electron chi connectivity index (χ1n) is 5.38. The second kappa shape index (κ2) is 4.27. The maximum absolute atomic E-state index is 9.51. The lowest BCUT2D eigenvalue weighted by atomic mass is 10.2. The Morgan fingerprint density at radius 2 is 2.00 bits per heavy atom. The van der Waals surface area contributed by atoms with Crippen LogP contribution in [-0.4, -0.2) is 32.2 Å². The minimum atomic E-state index is -1.72. The molecule has 1 aliphatic heterocycles. The summed E-state index contributed by atoms with van der Waals surface area (Å²) in [6.45, 7) is 11.5. The smallest absolute Gasteiger partial charge is 0.192 e. The monoisotopic (exact) mass is 230 g/mol. The second-order valence-electron chi connectivity index (χ2n) is 5.56. The predicted molar refractivity (Wildman–Crippen MR) is 63.2 cm³/mol. The third kappa shape index (κ3) is 3.06. The molecule has 0 fully saturated rings. The van der Waals surface area contributed by atoms with E-state index in [-0.39, 0.29) is 11.1 Å². The lowest BCUT2D eigenvalue weighted by Crippen LogP contribution is -2.43. The molecular weight excluding hydrogens is 208 g/mol. The fraction of sp³-hybridized carbons (Fsp3) is 0.818. The van der Waals surface area contributed by atoms with Gasteiger partial charge in [0.2, 0.25) is 0 Å². The van der Waals surface area contributed by atoms with Crippen LogP contribution in [0.15, 0.2) is 12.3 Å². The van der Waals surface area contributed by atoms with Crippen molar-refractivity contribution in [2.75, 3.05) is 6.61 Å². The van der Waals surface area contributed by atoms with Gasteiger partial charge in [-0.3, -0.25) is 0 Å². The second-order valence-corrected chi connectivity index (χ2v) is 10.4. The van der Waals surface area contributed by atoms with E-state index in [4.69, 9.17) is 9.16 Å². The zero-order valence-electron chi connectivity index (χ0n) is 10.3. The Labute approximate surface area is 93.2 Å². The number of hydrogen-bond acceptors (Lipinski definition) is 3. The van der Waals surface area contributed by atoms with Gasteiger partial charge in [-0.2, -0.15) is 0 Å². The van der Waals surface area contributed by atoms with Gasteiger partial charge in [-0.05, 0) is 24.2 Å². The van der Waals surface area contributed by atoms with Crippen molar-refractivity contribution in [2.24, 2.45) is 0 Å². The molecule has 0 bridgehead atoms. The van der Waals surface area contributed by atoms with Crippen molar-refractivity contribution in [1.82, 2.24) is 0 Å². The van der Waals surface area contributed by atoms with Crippen molar-refractivity contribution < 1.29 is 14.3 Å². The molecule has 0 saturated heterocycles. The van der Waals surface area contributed by atoms with Crippen LogP contribution in [0.3, 0.4) is 0 Å². The van der Waals surface area contributed by atoms with E-state index >= 15 is 0 Å². The summed E-state index contributed by atoms with van der Waals surface area (Å²) in [4.78, 5) is 0. The highest BCUT2D eigenvalue weighted by atomic mass is 28.4. The summed E-state index contributed by atoms with van der Waals surface area (Å²) >= 11 is 0. The molecule has 1 N–H and O–H groups in total. The van der Waals surface area contributed by atoms with Gasteiger partial charge in [0.15, 0.2) is 8.32 Å². The van der Waals surface area contributed by atoms with E-state index in [1.165, 1.54) is 0 Å². The fourth-order valence-electron chi connectivity index (χ4n) is 1.08. The highest BCUT2D eigenvalue weighted by Crippen LogP contribution is 2.36. The van der Waals surface area contributed by atoms with Crippen molar-refractivity contribution >= 4 is 8.32 Å². The topological polar surface area (TPSA) is 38.7 Å². The van der Waals surface area contributed by atoms with E-state index in [9.17, 15) is 5.11 Å². The minimum Gasteiger partial charge on any atom is -0.493 e. The average molecular weight is 230 g/mol. The van der Waals surface area contributed by atoms with Gasteiger partial charge in [-0.15, -0.1) is 0 Å².